The average molecular weight is 406 g/mol. The molecule has 0 aliphatic heterocycles. The Balaban J connectivity index is 2.09. The van der Waals surface area contributed by atoms with Crippen LogP contribution in [-0.4, -0.2) is 40.7 Å². The van der Waals surface area contributed by atoms with Crippen molar-refractivity contribution in [3.63, 3.8) is 0 Å². The van der Waals surface area contributed by atoms with E-state index in [1.807, 2.05) is 0 Å². The third kappa shape index (κ3) is 5.09. The number of rotatable bonds is 6. The van der Waals surface area contributed by atoms with Crippen LogP contribution in [-0.2, 0) is 14.3 Å². The Bertz CT molecular complexity index is 564. The molecule has 1 N–H and O–H groups in total. The molecule has 0 aromatic rings. The molecule has 162 valence electrons. The van der Waals surface area contributed by atoms with Crippen LogP contribution in [0.2, 0.25) is 0 Å². The number of halogens is 3. The summed E-state index contributed by atoms with van der Waals surface area (Å²) in [5.74, 6) is -0.305. The fourth-order valence-corrected chi connectivity index (χ4v) is 4.46. The minimum absolute atomic E-state index is 0.0926. The van der Waals surface area contributed by atoms with Crippen LogP contribution in [0.4, 0.5) is 13.2 Å². The van der Waals surface area contributed by atoms with Gasteiger partial charge in [-0.05, 0) is 71.6 Å². The molecule has 4 unspecified atom stereocenters. The van der Waals surface area contributed by atoms with Crippen LogP contribution in [0.15, 0.2) is 12.2 Å². The predicted octanol–water partition coefficient (Wildman–Crippen LogP) is 5.09. The summed E-state index contributed by atoms with van der Waals surface area (Å²) in [4.78, 5) is 11.8. The first kappa shape index (κ1) is 23.2. The standard InChI is InChI=1S/C21H33F3O4/c1-14(2)18(25)27-17-9-7-8-16(10-11-17)20(12-5-6-13-20)28-15(3)19(4,26)21(22,23)24/h15-17,26H,1,5-13H2,2-4H3. The Morgan fingerprint density at radius 1 is 1.14 bits per heavy atom. The van der Waals surface area contributed by atoms with Crippen molar-refractivity contribution in [1.82, 2.24) is 0 Å². The van der Waals surface area contributed by atoms with E-state index in [9.17, 15) is 23.1 Å². The van der Waals surface area contributed by atoms with Crippen LogP contribution in [0, 0.1) is 5.92 Å². The van der Waals surface area contributed by atoms with Gasteiger partial charge in [0, 0.05) is 5.57 Å². The van der Waals surface area contributed by atoms with E-state index in [1.165, 1.54) is 6.92 Å². The highest BCUT2D eigenvalue weighted by Crippen LogP contribution is 2.47. The van der Waals surface area contributed by atoms with Gasteiger partial charge >= 0.3 is 12.1 Å². The number of hydrogen-bond donors (Lipinski definition) is 1. The van der Waals surface area contributed by atoms with E-state index in [-0.39, 0.29) is 12.0 Å². The van der Waals surface area contributed by atoms with Gasteiger partial charge in [0.25, 0.3) is 0 Å². The van der Waals surface area contributed by atoms with Gasteiger partial charge in [-0.3, -0.25) is 0 Å². The van der Waals surface area contributed by atoms with Crippen molar-refractivity contribution >= 4 is 5.97 Å². The van der Waals surface area contributed by atoms with E-state index in [0.717, 1.165) is 45.4 Å². The zero-order valence-corrected chi connectivity index (χ0v) is 17.1. The Morgan fingerprint density at radius 2 is 1.75 bits per heavy atom. The number of esters is 1. The van der Waals surface area contributed by atoms with Crippen molar-refractivity contribution in [1.29, 1.82) is 0 Å². The topological polar surface area (TPSA) is 55.8 Å². The highest BCUT2D eigenvalue weighted by molar-refractivity contribution is 5.87. The lowest BCUT2D eigenvalue weighted by Gasteiger charge is -2.43. The highest BCUT2D eigenvalue weighted by atomic mass is 19.4. The van der Waals surface area contributed by atoms with Crippen LogP contribution in [0.5, 0.6) is 0 Å². The molecule has 2 saturated carbocycles. The molecule has 4 nitrogen and oxygen atoms in total. The van der Waals surface area contributed by atoms with Gasteiger partial charge in [0.2, 0.25) is 0 Å². The van der Waals surface area contributed by atoms with Crippen LogP contribution in [0.1, 0.15) is 78.6 Å². The summed E-state index contributed by atoms with van der Waals surface area (Å²) in [6.45, 7) is 7.29. The molecule has 0 bridgehead atoms. The first-order valence-electron chi connectivity index (χ1n) is 10.2. The fourth-order valence-electron chi connectivity index (χ4n) is 4.46. The number of ether oxygens (including phenoxy) is 2. The van der Waals surface area contributed by atoms with Crippen molar-refractivity contribution in [2.75, 3.05) is 0 Å². The quantitative estimate of drug-likeness (QED) is 0.379. The van der Waals surface area contributed by atoms with Crippen LogP contribution >= 0.6 is 0 Å². The van der Waals surface area contributed by atoms with Crippen LogP contribution < -0.4 is 0 Å². The molecule has 0 amide bonds. The minimum Gasteiger partial charge on any atom is -0.459 e. The van der Waals surface area contributed by atoms with Gasteiger partial charge in [0.15, 0.2) is 5.60 Å². The van der Waals surface area contributed by atoms with E-state index < -0.39 is 29.5 Å². The maximum Gasteiger partial charge on any atom is 0.419 e. The number of carbonyl (C=O) groups is 1. The SMILES string of the molecule is C=C(C)C(=O)OC1CCCC(C2(OC(C)C(C)(O)C(F)(F)F)CCCC2)CC1. The van der Waals surface area contributed by atoms with E-state index >= 15 is 0 Å². The van der Waals surface area contributed by atoms with Crippen molar-refractivity contribution < 1.29 is 32.5 Å². The second-order valence-corrected chi connectivity index (χ2v) is 8.69. The summed E-state index contributed by atoms with van der Waals surface area (Å²) in [5.41, 5.74) is -3.19. The molecule has 28 heavy (non-hydrogen) atoms. The Morgan fingerprint density at radius 3 is 2.29 bits per heavy atom. The lowest BCUT2D eigenvalue weighted by atomic mass is 9.80. The molecular formula is C21H33F3O4. The monoisotopic (exact) mass is 406 g/mol. The summed E-state index contributed by atoms with van der Waals surface area (Å²) in [7, 11) is 0. The first-order valence-corrected chi connectivity index (χ1v) is 10.2. The van der Waals surface area contributed by atoms with E-state index in [1.54, 1.807) is 6.92 Å². The summed E-state index contributed by atoms with van der Waals surface area (Å²) < 4.78 is 51.3. The summed E-state index contributed by atoms with van der Waals surface area (Å²) in [6.07, 6.45) is 0.701. The molecule has 7 heteroatoms. The fraction of sp³-hybridized carbons (Fsp3) is 0.857. The smallest absolute Gasteiger partial charge is 0.419 e. The van der Waals surface area contributed by atoms with Crippen molar-refractivity contribution in [3.8, 4) is 0 Å². The lowest BCUT2D eigenvalue weighted by Crippen LogP contribution is -2.55. The van der Waals surface area contributed by atoms with Crippen molar-refractivity contribution in [2.24, 2.45) is 5.92 Å². The largest absolute Gasteiger partial charge is 0.459 e. The lowest BCUT2D eigenvalue weighted by molar-refractivity contribution is -0.302. The summed E-state index contributed by atoms with van der Waals surface area (Å²) >= 11 is 0. The Labute approximate surface area is 165 Å². The van der Waals surface area contributed by atoms with Gasteiger partial charge in [-0.15, -0.1) is 0 Å². The third-order valence-electron chi connectivity index (χ3n) is 6.51. The number of hydrogen-bond acceptors (Lipinski definition) is 4. The highest BCUT2D eigenvalue weighted by Gasteiger charge is 2.56. The molecule has 0 aromatic carbocycles. The Kier molecular flexibility index (Phi) is 7.24. The molecule has 2 rings (SSSR count). The van der Waals surface area contributed by atoms with Crippen molar-refractivity contribution in [3.05, 3.63) is 12.2 Å². The van der Waals surface area contributed by atoms with Gasteiger partial charge in [0.05, 0.1) is 11.7 Å². The van der Waals surface area contributed by atoms with Gasteiger partial charge in [0.1, 0.15) is 6.10 Å². The second-order valence-electron chi connectivity index (χ2n) is 8.69. The first-order chi connectivity index (χ1) is 12.9. The van der Waals surface area contributed by atoms with E-state index in [4.69, 9.17) is 9.47 Å². The number of aliphatic hydroxyl groups is 1. The minimum atomic E-state index is -4.75. The van der Waals surface area contributed by atoms with Crippen LogP contribution in [0.3, 0.4) is 0 Å². The molecule has 0 aromatic heterocycles. The molecule has 2 fully saturated rings. The van der Waals surface area contributed by atoms with Crippen molar-refractivity contribution in [2.45, 2.75) is 108 Å². The van der Waals surface area contributed by atoms with Gasteiger partial charge in [-0.1, -0.05) is 19.4 Å². The zero-order valence-electron chi connectivity index (χ0n) is 17.1. The van der Waals surface area contributed by atoms with E-state index in [2.05, 4.69) is 6.58 Å². The molecule has 0 heterocycles. The molecular weight excluding hydrogens is 373 g/mol. The average Bonchev–Trinajstić information content (AvgIpc) is 2.92. The number of carbonyl (C=O) groups excluding carboxylic acids is 1. The predicted molar refractivity (Wildman–Crippen MR) is 99.7 cm³/mol. The molecule has 2 aliphatic carbocycles. The molecule has 4 atom stereocenters. The second kappa shape index (κ2) is 8.74. The third-order valence-corrected chi connectivity index (χ3v) is 6.51. The number of alkyl halides is 3. The summed E-state index contributed by atoms with van der Waals surface area (Å²) in [6, 6.07) is 0. The normalized spacial score (nSPS) is 28.8. The summed E-state index contributed by atoms with van der Waals surface area (Å²) in [5, 5.41) is 10.0. The molecule has 0 radical (unpaired) electrons. The molecule has 2 aliphatic rings. The maximum absolute atomic E-state index is 13.2. The van der Waals surface area contributed by atoms with Gasteiger partial charge < -0.3 is 14.6 Å². The zero-order chi connectivity index (χ0) is 21.2. The van der Waals surface area contributed by atoms with E-state index in [0.29, 0.717) is 24.8 Å². The maximum atomic E-state index is 13.2. The van der Waals surface area contributed by atoms with Crippen LogP contribution in [0.25, 0.3) is 0 Å². The molecule has 0 spiro atoms. The van der Waals surface area contributed by atoms with Gasteiger partial charge in [-0.2, -0.15) is 13.2 Å². The van der Waals surface area contributed by atoms with Gasteiger partial charge in [-0.25, -0.2) is 4.79 Å². The Hall–Kier alpha value is -1.08. The molecule has 0 saturated heterocycles.